The number of carbonyl (C=O) groups excluding carboxylic acids is 2. The van der Waals surface area contributed by atoms with E-state index in [9.17, 15) is 9.59 Å². The molecule has 100 valence electrons. The summed E-state index contributed by atoms with van der Waals surface area (Å²) in [6.07, 6.45) is 3.10. The number of carbonyl (C=O) groups is 2. The first-order chi connectivity index (χ1) is 9.13. The van der Waals surface area contributed by atoms with Crippen molar-refractivity contribution in [3.05, 3.63) is 29.6 Å². The number of amides is 1. The van der Waals surface area contributed by atoms with Gasteiger partial charge in [-0.1, -0.05) is 6.07 Å². The molecular weight excluding hydrogens is 240 g/mol. The quantitative estimate of drug-likeness (QED) is 0.897. The van der Waals surface area contributed by atoms with Crippen molar-refractivity contribution in [2.75, 3.05) is 0 Å². The Balaban J connectivity index is 1.71. The van der Waals surface area contributed by atoms with Gasteiger partial charge in [-0.05, 0) is 37.8 Å². The van der Waals surface area contributed by atoms with Crippen LogP contribution < -0.4 is 5.32 Å². The number of nitrogens with zero attached hydrogens (tertiary/aromatic N) is 1. The molecular formula is C15H18N2O2. The highest BCUT2D eigenvalue weighted by molar-refractivity contribution is 5.96. The van der Waals surface area contributed by atoms with Crippen molar-refractivity contribution in [1.82, 2.24) is 10.3 Å². The normalized spacial score (nSPS) is 20.8. The van der Waals surface area contributed by atoms with E-state index in [0.29, 0.717) is 18.8 Å². The second kappa shape index (κ2) is 4.76. The van der Waals surface area contributed by atoms with Crippen molar-refractivity contribution in [1.29, 1.82) is 0 Å². The van der Waals surface area contributed by atoms with Gasteiger partial charge in [0.05, 0.1) is 17.7 Å². The average molecular weight is 258 g/mol. The Morgan fingerprint density at radius 1 is 1.37 bits per heavy atom. The van der Waals surface area contributed by atoms with Gasteiger partial charge in [0, 0.05) is 18.5 Å². The van der Waals surface area contributed by atoms with Crippen LogP contribution in [0.25, 0.3) is 0 Å². The molecule has 0 spiro atoms. The summed E-state index contributed by atoms with van der Waals surface area (Å²) in [5.41, 5.74) is 1.91. The van der Waals surface area contributed by atoms with Gasteiger partial charge >= 0.3 is 0 Å². The number of nitrogens with one attached hydrogen (secondary N) is 1. The standard InChI is InChI=1S/C15H18N2O2/c1-9-3-2-4-13(16-9)14(10-5-6-10)17-15(19)11-7-12(18)8-11/h2-4,10-11,14H,5-8H2,1H3,(H,17,19)/t14-/m1/s1. The number of Topliss-reactive ketones (excluding diaryl/α,β-unsaturated/α-hetero) is 1. The van der Waals surface area contributed by atoms with Crippen molar-refractivity contribution < 1.29 is 9.59 Å². The van der Waals surface area contributed by atoms with Gasteiger partial charge < -0.3 is 5.32 Å². The van der Waals surface area contributed by atoms with Gasteiger partial charge in [-0.2, -0.15) is 0 Å². The molecule has 1 amide bonds. The fourth-order valence-corrected chi connectivity index (χ4v) is 2.55. The Labute approximate surface area is 112 Å². The third kappa shape index (κ3) is 2.67. The summed E-state index contributed by atoms with van der Waals surface area (Å²) in [5.74, 6) is 0.601. The van der Waals surface area contributed by atoms with Crippen LogP contribution in [0.5, 0.6) is 0 Å². The average Bonchev–Trinajstić information content (AvgIpc) is 3.16. The lowest BCUT2D eigenvalue weighted by Gasteiger charge is -2.26. The molecule has 0 radical (unpaired) electrons. The van der Waals surface area contributed by atoms with Gasteiger partial charge in [-0.15, -0.1) is 0 Å². The molecule has 1 aromatic heterocycles. The maximum atomic E-state index is 12.1. The van der Waals surface area contributed by atoms with E-state index in [0.717, 1.165) is 24.2 Å². The first kappa shape index (κ1) is 12.3. The predicted molar refractivity (Wildman–Crippen MR) is 70.3 cm³/mol. The fraction of sp³-hybridized carbons (Fsp3) is 0.533. The first-order valence-electron chi connectivity index (χ1n) is 6.89. The minimum atomic E-state index is -0.112. The van der Waals surface area contributed by atoms with E-state index in [1.165, 1.54) is 0 Å². The Morgan fingerprint density at radius 2 is 2.11 bits per heavy atom. The monoisotopic (exact) mass is 258 g/mol. The third-order valence-corrected chi connectivity index (χ3v) is 3.94. The number of aryl methyl sites for hydroxylation is 1. The molecule has 1 N–H and O–H groups in total. The third-order valence-electron chi connectivity index (χ3n) is 3.94. The highest BCUT2D eigenvalue weighted by Gasteiger charge is 2.38. The van der Waals surface area contributed by atoms with Crippen molar-refractivity contribution >= 4 is 11.7 Å². The van der Waals surface area contributed by atoms with Gasteiger partial charge in [0.25, 0.3) is 0 Å². The zero-order chi connectivity index (χ0) is 13.4. The number of hydrogen-bond acceptors (Lipinski definition) is 3. The molecule has 0 unspecified atom stereocenters. The summed E-state index contributed by atoms with van der Waals surface area (Å²) in [7, 11) is 0. The number of aromatic nitrogens is 1. The van der Waals surface area contributed by atoms with Gasteiger partial charge in [-0.25, -0.2) is 0 Å². The minimum absolute atomic E-state index is 0.0137. The van der Waals surface area contributed by atoms with Crippen LogP contribution >= 0.6 is 0 Å². The van der Waals surface area contributed by atoms with Crippen LogP contribution in [0.15, 0.2) is 18.2 Å². The van der Waals surface area contributed by atoms with Crippen LogP contribution in [-0.2, 0) is 9.59 Å². The molecule has 2 saturated carbocycles. The Morgan fingerprint density at radius 3 is 2.68 bits per heavy atom. The zero-order valence-electron chi connectivity index (χ0n) is 11.1. The molecule has 4 nitrogen and oxygen atoms in total. The van der Waals surface area contributed by atoms with E-state index in [1.54, 1.807) is 0 Å². The highest BCUT2D eigenvalue weighted by atomic mass is 16.2. The maximum absolute atomic E-state index is 12.1. The summed E-state index contributed by atoms with van der Waals surface area (Å²) in [6, 6.07) is 5.93. The molecule has 0 aromatic carbocycles. The fourth-order valence-electron chi connectivity index (χ4n) is 2.55. The smallest absolute Gasteiger partial charge is 0.224 e. The first-order valence-corrected chi connectivity index (χ1v) is 6.89. The van der Waals surface area contributed by atoms with Gasteiger partial charge in [-0.3, -0.25) is 14.6 Å². The Kier molecular flexibility index (Phi) is 3.09. The van der Waals surface area contributed by atoms with Gasteiger partial charge in [0.15, 0.2) is 0 Å². The van der Waals surface area contributed by atoms with Crippen LogP contribution in [0.4, 0.5) is 0 Å². The SMILES string of the molecule is Cc1cccc([C@H](NC(=O)C2CC(=O)C2)C2CC2)n1. The summed E-state index contributed by atoms with van der Waals surface area (Å²) in [6.45, 7) is 1.96. The number of ketones is 1. The van der Waals surface area contributed by atoms with Gasteiger partial charge in [0.1, 0.15) is 5.78 Å². The molecule has 2 aliphatic rings. The van der Waals surface area contributed by atoms with E-state index in [1.807, 2.05) is 25.1 Å². The largest absolute Gasteiger partial charge is 0.347 e. The van der Waals surface area contributed by atoms with Crippen molar-refractivity contribution in [2.45, 2.75) is 38.6 Å². The van der Waals surface area contributed by atoms with Crippen LogP contribution in [0.1, 0.15) is 43.1 Å². The molecule has 1 heterocycles. The van der Waals surface area contributed by atoms with E-state index in [4.69, 9.17) is 0 Å². The second-order valence-corrected chi connectivity index (χ2v) is 5.67. The molecule has 3 rings (SSSR count). The van der Waals surface area contributed by atoms with Crippen LogP contribution in [-0.4, -0.2) is 16.7 Å². The predicted octanol–water partition coefficient (Wildman–Crippen LogP) is 1.94. The van der Waals surface area contributed by atoms with Crippen LogP contribution in [0.2, 0.25) is 0 Å². The number of rotatable bonds is 4. The summed E-state index contributed by atoms with van der Waals surface area (Å²) >= 11 is 0. The Hall–Kier alpha value is -1.71. The lowest BCUT2D eigenvalue weighted by molar-refractivity contribution is -0.138. The van der Waals surface area contributed by atoms with E-state index in [2.05, 4.69) is 10.3 Å². The van der Waals surface area contributed by atoms with Crippen LogP contribution in [0.3, 0.4) is 0 Å². The Bertz CT molecular complexity index is 515. The van der Waals surface area contributed by atoms with Gasteiger partial charge in [0.2, 0.25) is 5.91 Å². The molecule has 1 atom stereocenters. The van der Waals surface area contributed by atoms with Crippen molar-refractivity contribution in [2.24, 2.45) is 11.8 Å². The van der Waals surface area contributed by atoms with E-state index < -0.39 is 0 Å². The van der Waals surface area contributed by atoms with E-state index >= 15 is 0 Å². The zero-order valence-corrected chi connectivity index (χ0v) is 11.1. The highest BCUT2D eigenvalue weighted by Crippen LogP contribution is 2.41. The second-order valence-electron chi connectivity index (χ2n) is 5.67. The molecule has 0 bridgehead atoms. The number of hydrogen-bond donors (Lipinski definition) is 1. The van der Waals surface area contributed by atoms with E-state index in [-0.39, 0.29) is 23.7 Å². The molecule has 0 saturated heterocycles. The lowest BCUT2D eigenvalue weighted by Crippen LogP contribution is -2.41. The summed E-state index contributed by atoms with van der Waals surface area (Å²) in [5, 5.41) is 3.09. The topological polar surface area (TPSA) is 59.1 Å². The minimum Gasteiger partial charge on any atom is -0.347 e. The maximum Gasteiger partial charge on any atom is 0.224 e. The molecule has 19 heavy (non-hydrogen) atoms. The van der Waals surface area contributed by atoms with Crippen molar-refractivity contribution in [3.63, 3.8) is 0 Å². The molecule has 2 aliphatic carbocycles. The van der Waals surface area contributed by atoms with Crippen molar-refractivity contribution in [3.8, 4) is 0 Å². The summed E-state index contributed by atoms with van der Waals surface area (Å²) in [4.78, 5) is 27.6. The molecule has 2 fully saturated rings. The number of pyridine rings is 1. The molecule has 4 heteroatoms. The van der Waals surface area contributed by atoms with Crippen LogP contribution in [0, 0.1) is 18.8 Å². The summed E-state index contributed by atoms with van der Waals surface area (Å²) < 4.78 is 0. The molecule has 1 aromatic rings. The molecule has 0 aliphatic heterocycles. The lowest BCUT2D eigenvalue weighted by atomic mass is 9.83.